The Labute approximate surface area is 418 Å². The molecule has 0 radical (unpaired) electrons. The Morgan fingerprint density at radius 2 is 0.754 bits per heavy atom. The van der Waals surface area contributed by atoms with E-state index in [2.05, 4.69) is 38.2 Å². The zero-order chi connectivity index (χ0) is 43.6. The molecule has 0 saturated carbocycles. The minimum absolute atomic E-state index is 0. The van der Waals surface area contributed by atoms with Crippen LogP contribution in [0.1, 0.15) is 266 Å². The first-order chi connectivity index (χ1) is 29.3. The molecule has 0 fully saturated rings. The van der Waals surface area contributed by atoms with E-state index in [1.807, 2.05) is 0 Å². The fourth-order valence-electron chi connectivity index (χ4n) is 7.71. The predicted molar refractivity (Wildman–Crippen MR) is 251 cm³/mol. The number of allylic oxidation sites excluding steroid dienone is 4. The number of unbranched alkanes of at least 4 members (excludes halogenated alkanes) is 32. The molecule has 0 atom stereocenters. The van der Waals surface area contributed by atoms with E-state index in [4.69, 9.17) is 9.47 Å². The second-order valence-electron chi connectivity index (χ2n) is 17.1. The fraction of sp³-hybridized carbons (Fsp3) is 0.769. The first-order valence-electron chi connectivity index (χ1n) is 25.1. The standard InChI is InChI=1S/C52H90O7S.K/c1-3-5-7-9-11-13-15-17-19-21-23-25-27-29-31-33-35-37-39-41-46-58-51(53)48-44-43-45-49(60(55,56)57)50(48)52(54)59-47-42-40-38-36-34-32-30-28-26-24-22-20-18-16-14-12-10-8-6-4-2;/h25-28,43-45H,3-24,29-42,46-47H2,1-2H3,(H,55,56,57);/q;+1/p-1/b27-25+,28-26+;. The molecule has 0 aromatic heterocycles. The Kier molecular flexibility index (Phi) is 43.8. The predicted octanol–water partition coefficient (Wildman–Crippen LogP) is 13.1. The zero-order valence-electron chi connectivity index (χ0n) is 39.7. The number of benzene rings is 1. The molecule has 0 bridgehead atoms. The van der Waals surface area contributed by atoms with Crippen molar-refractivity contribution in [1.29, 1.82) is 0 Å². The monoisotopic (exact) mass is 897 g/mol. The van der Waals surface area contributed by atoms with Crippen LogP contribution in [0.15, 0.2) is 47.4 Å². The SMILES string of the molecule is CCCCCCCCCCCC/C=C/CCCCCCCCOC(=O)c1cccc(S(=O)(=O)[O-])c1C(=O)OCCCCCCCC/C=C/CCCCCCCCCCCC.[K+]. The average molecular weight is 897 g/mol. The van der Waals surface area contributed by atoms with Crippen molar-refractivity contribution in [2.75, 3.05) is 13.2 Å². The summed E-state index contributed by atoms with van der Waals surface area (Å²) in [5.41, 5.74) is -0.785. The summed E-state index contributed by atoms with van der Waals surface area (Å²) in [5.74, 6) is -1.82. The van der Waals surface area contributed by atoms with Gasteiger partial charge in [0, 0.05) is 0 Å². The number of ether oxygens (including phenoxy) is 2. The fourth-order valence-corrected chi connectivity index (χ4v) is 8.40. The van der Waals surface area contributed by atoms with Crippen LogP contribution in [0.2, 0.25) is 0 Å². The largest absolute Gasteiger partial charge is 1.00 e. The third-order valence-electron chi connectivity index (χ3n) is 11.5. The molecule has 0 heterocycles. The van der Waals surface area contributed by atoms with Crippen molar-refractivity contribution in [3.63, 3.8) is 0 Å². The molecule has 0 aliphatic carbocycles. The summed E-state index contributed by atoms with van der Waals surface area (Å²) in [6.45, 7) is 4.77. The molecule has 0 aliphatic rings. The molecule has 0 amide bonds. The van der Waals surface area contributed by atoms with Crippen LogP contribution in [-0.2, 0) is 19.6 Å². The maximum absolute atomic E-state index is 13.1. The normalized spacial score (nSPS) is 11.7. The maximum Gasteiger partial charge on any atom is 1.00 e. The number of hydrogen-bond acceptors (Lipinski definition) is 7. The van der Waals surface area contributed by atoms with Crippen molar-refractivity contribution in [2.24, 2.45) is 0 Å². The molecule has 0 saturated heterocycles. The van der Waals surface area contributed by atoms with Gasteiger partial charge in [0.2, 0.25) is 0 Å². The summed E-state index contributed by atoms with van der Waals surface area (Å²) in [6, 6.07) is 3.63. The summed E-state index contributed by atoms with van der Waals surface area (Å²) >= 11 is 0. The van der Waals surface area contributed by atoms with Crippen LogP contribution >= 0.6 is 0 Å². The molecule has 1 aromatic rings. The van der Waals surface area contributed by atoms with Crippen molar-refractivity contribution < 1.29 is 83.4 Å². The van der Waals surface area contributed by atoms with Crippen molar-refractivity contribution >= 4 is 22.1 Å². The van der Waals surface area contributed by atoms with Gasteiger partial charge in [-0.3, -0.25) is 0 Å². The van der Waals surface area contributed by atoms with Crippen LogP contribution in [-0.4, -0.2) is 38.1 Å². The summed E-state index contributed by atoms with van der Waals surface area (Å²) in [6.07, 6.45) is 53.3. The molecule has 0 spiro atoms. The second-order valence-corrected chi connectivity index (χ2v) is 18.5. The Morgan fingerprint density at radius 1 is 0.459 bits per heavy atom. The topological polar surface area (TPSA) is 110 Å². The molecular formula is C52H89KO7S. The molecule has 9 heteroatoms. The van der Waals surface area contributed by atoms with Gasteiger partial charge in [-0.2, -0.15) is 0 Å². The van der Waals surface area contributed by atoms with Gasteiger partial charge in [0.05, 0.1) is 29.2 Å². The van der Waals surface area contributed by atoms with Crippen LogP contribution in [0.25, 0.3) is 0 Å². The summed E-state index contributed by atoms with van der Waals surface area (Å²) < 4.78 is 46.9. The van der Waals surface area contributed by atoms with Gasteiger partial charge in [-0.25, -0.2) is 18.0 Å². The van der Waals surface area contributed by atoms with E-state index >= 15 is 0 Å². The molecule has 1 aromatic carbocycles. The Bertz CT molecular complexity index is 1340. The van der Waals surface area contributed by atoms with Gasteiger partial charge in [0.15, 0.2) is 0 Å². The van der Waals surface area contributed by atoms with E-state index < -0.39 is 32.5 Å². The second kappa shape index (κ2) is 44.4. The van der Waals surface area contributed by atoms with Crippen LogP contribution < -0.4 is 51.4 Å². The van der Waals surface area contributed by atoms with Crippen LogP contribution in [0.4, 0.5) is 0 Å². The summed E-state index contributed by atoms with van der Waals surface area (Å²) in [5, 5.41) is 0. The molecule has 0 N–H and O–H groups in total. The number of carbonyl (C=O) groups excluding carboxylic acids is 2. The van der Waals surface area contributed by atoms with Crippen molar-refractivity contribution in [2.45, 2.75) is 250 Å². The Hall–Kier alpha value is -0.814. The van der Waals surface area contributed by atoms with Gasteiger partial charge < -0.3 is 14.0 Å². The Balaban J connectivity index is 0.0000360. The zero-order valence-corrected chi connectivity index (χ0v) is 43.6. The van der Waals surface area contributed by atoms with Crippen LogP contribution in [0.5, 0.6) is 0 Å². The minimum Gasteiger partial charge on any atom is -0.744 e. The van der Waals surface area contributed by atoms with Gasteiger partial charge in [-0.1, -0.05) is 211 Å². The first kappa shape index (κ1) is 60.2. The number of hydrogen-bond donors (Lipinski definition) is 0. The number of esters is 2. The van der Waals surface area contributed by atoms with Gasteiger partial charge in [-0.15, -0.1) is 0 Å². The van der Waals surface area contributed by atoms with Crippen LogP contribution in [0.3, 0.4) is 0 Å². The first-order valence-corrected chi connectivity index (χ1v) is 26.5. The van der Waals surface area contributed by atoms with Gasteiger partial charge in [-0.05, 0) is 76.3 Å². The molecule has 1 rings (SSSR count). The van der Waals surface area contributed by atoms with Crippen molar-refractivity contribution in [1.82, 2.24) is 0 Å². The minimum atomic E-state index is -5.02. The molecule has 346 valence electrons. The van der Waals surface area contributed by atoms with E-state index in [9.17, 15) is 22.6 Å². The van der Waals surface area contributed by atoms with E-state index in [-0.39, 0.29) is 70.2 Å². The quantitative estimate of drug-likeness (QED) is 0.0211. The molecule has 0 unspecified atom stereocenters. The van der Waals surface area contributed by atoms with Gasteiger partial charge in [0.1, 0.15) is 10.1 Å². The van der Waals surface area contributed by atoms with Gasteiger partial charge >= 0.3 is 63.3 Å². The van der Waals surface area contributed by atoms with E-state index in [1.54, 1.807) is 0 Å². The Morgan fingerprint density at radius 3 is 1.08 bits per heavy atom. The third-order valence-corrected chi connectivity index (χ3v) is 12.4. The van der Waals surface area contributed by atoms with E-state index in [0.29, 0.717) is 12.8 Å². The number of carbonyl (C=O) groups is 2. The number of rotatable bonds is 43. The molecule has 7 nitrogen and oxygen atoms in total. The van der Waals surface area contributed by atoms with E-state index in [1.165, 1.54) is 173 Å². The molecule has 0 aliphatic heterocycles. The summed E-state index contributed by atoms with van der Waals surface area (Å²) in [7, 11) is -5.02. The average Bonchev–Trinajstić information content (AvgIpc) is 3.24. The van der Waals surface area contributed by atoms with Gasteiger partial charge in [0.25, 0.3) is 0 Å². The van der Waals surface area contributed by atoms with Crippen molar-refractivity contribution in [3.05, 3.63) is 53.6 Å². The molecule has 61 heavy (non-hydrogen) atoms. The van der Waals surface area contributed by atoms with Crippen LogP contribution in [0, 0.1) is 0 Å². The molecular weight excluding hydrogens is 808 g/mol. The maximum atomic E-state index is 13.1. The van der Waals surface area contributed by atoms with Crippen molar-refractivity contribution in [3.8, 4) is 0 Å². The van der Waals surface area contributed by atoms with E-state index in [0.717, 1.165) is 63.9 Å². The third kappa shape index (κ3) is 36.1. The smallest absolute Gasteiger partial charge is 0.744 e. The summed E-state index contributed by atoms with van der Waals surface area (Å²) in [4.78, 5) is 25.3.